The van der Waals surface area contributed by atoms with Gasteiger partial charge in [-0.05, 0) is 50.6 Å². The summed E-state index contributed by atoms with van der Waals surface area (Å²) >= 11 is 0. The Labute approximate surface area is 225 Å². The van der Waals surface area contributed by atoms with Gasteiger partial charge in [0.25, 0.3) is 5.91 Å². The number of methoxy groups -OCH3 is 1. The quantitative estimate of drug-likeness (QED) is 0.0633. The number of benzene rings is 2. The molecule has 0 aliphatic heterocycles. The van der Waals surface area contributed by atoms with Crippen molar-refractivity contribution in [1.82, 2.24) is 10.6 Å². The highest BCUT2D eigenvalue weighted by molar-refractivity contribution is 7.32. The third kappa shape index (κ3) is 10.1. The molecular weight excluding hydrogens is 512 g/mol. The Kier molecular flexibility index (Phi) is 15.3. The Morgan fingerprint density at radius 1 is 1.26 bits per heavy atom. The summed E-state index contributed by atoms with van der Waals surface area (Å²) in [5.41, 5.74) is 8.07. The zero-order chi connectivity index (χ0) is 28.7. The van der Waals surface area contributed by atoms with Gasteiger partial charge in [0.1, 0.15) is 17.7 Å². The van der Waals surface area contributed by atoms with Crippen molar-refractivity contribution in [3.63, 3.8) is 0 Å². The number of phenolic OH excluding ortho intramolecular Hbond substituents is 1. The van der Waals surface area contributed by atoms with Crippen molar-refractivity contribution < 1.29 is 33.5 Å². The first-order valence-corrected chi connectivity index (χ1v) is 13.3. The third-order valence-corrected chi connectivity index (χ3v) is 6.43. The topological polar surface area (TPSA) is 143 Å². The van der Waals surface area contributed by atoms with E-state index >= 15 is 0 Å². The number of carbonyl (C=O) groups is 2. The molecule has 210 valence electrons. The van der Waals surface area contributed by atoms with Gasteiger partial charge in [-0.25, -0.2) is 4.39 Å². The molecule has 0 aliphatic rings. The lowest BCUT2D eigenvalue weighted by atomic mass is 9.93. The van der Waals surface area contributed by atoms with Crippen LogP contribution in [0.4, 0.5) is 10.1 Å². The van der Waals surface area contributed by atoms with Gasteiger partial charge in [-0.15, -0.1) is 0 Å². The van der Waals surface area contributed by atoms with Crippen LogP contribution in [0.15, 0.2) is 30.3 Å². The summed E-state index contributed by atoms with van der Waals surface area (Å²) in [5.74, 6) is -0.891. The number of aliphatic hydroxyl groups is 1. The van der Waals surface area contributed by atoms with Crippen LogP contribution in [0.2, 0.25) is 0 Å². The van der Waals surface area contributed by atoms with Crippen LogP contribution in [0.1, 0.15) is 57.7 Å². The number of aliphatic hydroxyl groups excluding tert-OH is 1. The molecule has 0 saturated carbocycles. The van der Waals surface area contributed by atoms with Crippen molar-refractivity contribution in [2.75, 3.05) is 32.6 Å². The number of carbonyl (C=O) groups excluding carboxylic acids is 2. The highest BCUT2D eigenvalue weighted by Crippen LogP contribution is 2.35. The normalized spacial score (nSPS) is 12.8. The summed E-state index contributed by atoms with van der Waals surface area (Å²) < 4.78 is 22.5. The van der Waals surface area contributed by atoms with Gasteiger partial charge in [-0.1, -0.05) is 31.2 Å². The largest absolute Gasteiger partial charge is 0.505 e. The monoisotopic (exact) mass is 551 g/mol. The molecule has 0 aliphatic carbocycles. The molecule has 9 nitrogen and oxygen atoms in total. The Hall–Kier alpha value is -2.88. The van der Waals surface area contributed by atoms with Crippen LogP contribution >= 0.6 is 8.81 Å². The maximum Gasteiger partial charge on any atom is 0.252 e. The molecule has 0 aromatic heterocycles. The van der Waals surface area contributed by atoms with E-state index < -0.39 is 18.3 Å². The average molecular weight is 552 g/mol. The van der Waals surface area contributed by atoms with Gasteiger partial charge in [0.15, 0.2) is 12.6 Å². The van der Waals surface area contributed by atoms with Crippen molar-refractivity contribution >= 4 is 32.8 Å². The fourth-order valence-electron chi connectivity index (χ4n) is 3.33. The second kappa shape index (κ2) is 17.6. The Morgan fingerprint density at radius 2 is 1.92 bits per heavy atom. The van der Waals surface area contributed by atoms with E-state index in [0.29, 0.717) is 30.1 Å². The number of hydrogen-bond donors (Lipinski definition) is 5. The minimum absolute atomic E-state index is 0.00360. The number of nitrogen functional groups attached to an aromatic ring is 1. The van der Waals surface area contributed by atoms with Crippen LogP contribution < -0.4 is 16.4 Å². The Morgan fingerprint density at radius 3 is 2.47 bits per heavy atom. The number of halogens is 1. The standard InChI is InChI=1S/C19H29N2O6P.C8H10FN/c1-5-6-7-13-15(11(2)14(10-22)17(23)16(13)20)18(24)21-8-9-28-27-12(3)19(25)26-4;1-10-6-7-2-4-8(9)5-3-7/h6-7,10,12,19,23,25,28H,5,8-9,20H2,1-4H3,(H,21,24);2-5,10H,6H2,1H3/b7-6-;. The summed E-state index contributed by atoms with van der Waals surface area (Å²) in [6.45, 7) is 6.34. The molecule has 0 radical (unpaired) electrons. The van der Waals surface area contributed by atoms with Crippen LogP contribution in [0, 0.1) is 12.7 Å². The molecule has 3 atom stereocenters. The van der Waals surface area contributed by atoms with Gasteiger partial charge in [0, 0.05) is 40.7 Å². The molecule has 0 saturated heterocycles. The number of nitrogens with two attached hydrogens (primary N) is 1. The number of ether oxygens (including phenoxy) is 1. The van der Waals surface area contributed by atoms with Crippen molar-refractivity contribution in [2.24, 2.45) is 0 Å². The zero-order valence-electron chi connectivity index (χ0n) is 22.5. The number of anilines is 1. The molecule has 2 rings (SSSR count). The first-order valence-electron chi connectivity index (χ1n) is 12.2. The van der Waals surface area contributed by atoms with Crippen molar-refractivity contribution in [1.29, 1.82) is 0 Å². The molecule has 0 spiro atoms. The molecule has 2 aromatic carbocycles. The van der Waals surface area contributed by atoms with Gasteiger partial charge < -0.3 is 35.8 Å². The van der Waals surface area contributed by atoms with E-state index in [1.807, 2.05) is 20.0 Å². The Bertz CT molecular complexity index is 1070. The summed E-state index contributed by atoms with van der Waals surface area (Å²) in [5, 5.41) is 25.4. The maximum absolute atomic E-state index is 12.7. The lowest BCUT2D eigenvalue weighted by Gasteiger charge is -2.18. The molecule has 0 fully saturated rings. The smallest absolute Gasteiger partial charge is 0.252 e. The fourth-order valence-corrected chi connectivity index (χ4v) is 4.05. The predicted molar refractivity (Wildman–Crippen MR) is 150 cm³/mol. The fraction of sp³-hybridized carbons (Fsp3) is 0.407. The van der Waals surface area contributed by atoms with E-state index in [-0.39, 0.29) is 37.2 Å². The van der Waals surface area contributed by atoms with E-state index in [1.54, 1.807) is 32.1 Å². The van der Waals surface area contributed by atoms with Crippen LogP contribution in [-0.2, 0) is 15.8 Å². The van der Waals surface area contributed by atoms with E-state index in [1.165, 1.54) is 19.2 Å². The number of aromatic hydroxyl groups is 1. The number of amides is 1. The molecule has 0 heterocycles. The van der Waals surface area contributed by atoms with E-state index in [2.05, 4.69) is 10.6 Å². The van der Waals surface area contributed by atoms with Crippen LogP contribution in [-0.4, -0.2) is 61.7 Å². The predicted octanol–water partition coefficient (Wildman–Crippen LogP) is 3.76. The number of phenols is 1. The first kappa shape index (κ1) is 33.1. The van der Waals surface area contributed by atoms with Crippen molar-refractivity contribution in [2.45, 2.75) is 46.1 Å². The number of rotatable bonds is 13. The summed E-state index contributed by atoms with van der Waals surface area (Å²) in [6, 6.07) is 6.47. The maximum atomic E-state index is 12.7. The lowest BCUT2D eigenvalue weighted by Crippen LogP contribution is -2.28. The third-order valence-electron chi connectivity index (χ3n) is 5.43. The Balaban J connectivity index is 0.000000600. The molecular formula is C27H39FN3O6P. The highest BCUT2D eigenvalue weighted by Gasteiger charge is 2.22. The average Bonchev–Trinajstić information content (AvgIpc) is 2.91. The van der Waals surface area contributed by atoms with Gasteiger partial charge >= 0.3 is 0 Å². The lowest BCUT2D eigenvalue weighted by molar-refractivity contribution is -0.126. The van der Waals surface area contributed by atoms with Crippen LogP contribution in [0.3, 0.4) is 0 Å². The number of aldehydes is 1. The zero-order valence-corrected chi connectivity index (χ0v) is 23.5. The number of nitrogens with one attached hydrogen (secondary N) is 2. The van der Waals surface area contributed by atoms with Crippen molar-refractivity contribution in [3.8, 4) is 5.75 Å². The summed E-state index contributed by atoms with van der Waals surface area (Å²) in [6.07, 6.45) is 3.77. The second-order valence-corrected chi connectivity index (χ2v) is 9.30. The molecule has 0 bridgehead atoms. The SMILES string of the molecule is CC/C=C\c1c(N)c(O)c(C=O)c(C)c1C(=O)NCCPOC(C)C(O)OC.CNCc1ccc(F)cc1. The van der Waals surface area contributed by atoms with Crippen molar-refractivity contribution in [3.05, 3.63) is 64.0 Å². The van der Waals surface area contributed by atoms with Gasteiger partial charge in [-0.2, -0.15) is 0 Å². The summed E-state index contributed by atoms with van der Waals surface area (Å²) in [7, 11) is 3.32. The van der Waals surface area contributed by atoms with Gasteiger partial charge in [0.2, 0.25) is 0 Å². The van der Waals surface area contributed by atoms with E-state index in [9.17, 15) is 24.2 Å². The van der Waals surface area contributed by atoms with E-state index in [0.717, 1.165) is 18.5 Å². The van der Waals surface area contributed by atoms with Crippen LogP contribution in [0.25, 0.3) is 6.08 Å². The minimum atomic E-state index is -1.00. The first-order chi connectivity index (χ1) is 18.1. The molecule has 6 N–H and O–H groups in total. The molecule has 2 aromatic rings. The minimum Gasteiger partial charge on any atom is -0.505 e. The molecule has 1 amide bonds. The van der Waals surface area contributed by atoms with Crippen LogP contribution in [0.5, 0.6) is 5.75 Å². The van der Waals surface area contributed by atoms with Gasteiger partial charge in [0.05, 0.1) is 16.8 Å². The van der Waals surface area contributed by atoms with Gasteiger partial charge in [-0.3, -0.25) is 9.59 Å². The number of allylic oxidation sites excluding steroid dienone is 1. The molecule has 38 heavy (non-hydrogen) atoms. The summed E-state index contributed by atoms with van der Waals surface area (Å²) in [4.78, 5) is 24.1. The highest BCUT2D eigenvalue weighted by atomic mass is 31.1. The second-order valence-electron chi connectivity index (χ2n) is 8.27. The number of hydrogen-bond acceptors (Lipinski definition) is 8. The molecule has 11 heteroatoms. The van der Waals surface area contributed by atoms with E-state index in [4.69, 9.17) is 15.0 Å². The molecule has 3 unspecified atom stereocenters.